The van der Waals surface area contributed by atoms with Crippen LogP contribution >= 0.6 is 34.8 Å². The van der Waals surface area contributed by atoms with E-state index in [1.807, 2.05) is 6.92 Å². The number of Topliss-reactive ketones (excluding diaryl/α,β-unsaturated/α-hetero) is 1. The molecule has 0 aromatic heterocycles. The van der Waals surface area contributed by atoms with E-state index in [-0.39, 0.29) is 5.78 Å². The van der Waals surface area contributed by atoms with Crippen molar-refractivity contribution in [2.24, 2.45) is 5.73 Å². The van der Waals surface area contributed by atoms with Crippen LogP contribution < -0.4 is 5.73 Å². The van der Waals surface area contributed by atoms with Gasteiger partial charge < -0.3 is 10.5 Å². The monoisotopic (exact) mass is 233 g/mol. The van der Waals surface area contributed by atoms with E-state index < -0.39 is 9.70 Å². The van der Waals surface area contributed by atoms with Crippen molar-refractivity contribution in [1.29, 1.82) is 0 Å². The van der Waals surface area contributed by atoms with Gasteiger partial charge in [-0.15, -0.1) is 0 Å². The first-order chi connectivity index (χ1) is 5.21. The molecule has 0 aliphatic rings. The van der Waals surface area contributed by atoms with Gasteiger partial charge in [0.1, 0.15) is 5.78 Å². The highest BCUT2D eigenvalue weighted by molar-refractivity contribution is 6.76. The van der Waals surface area contributed by atoms with Crippen molar-refractivity contribution in [1.82, 2.24) is 0 Å². The summed E-state index contributed by atoms with van der Waals surface area (Å²) in [4.78, 5) is 19.7. The molecule has 0 saturated heterocycles. The summed E-state index contributed by atoms with van der Waals surface area (Å²) >= 11 is 14.8. The molecule has 72 valence electrons. The molecular weight excluding hydrogens is 224 g/mol. The van der Waals surface area contributed by atoms with Gasteiger partial charge in [-0.2, -0.15) is 0 Å². The second-order valence-corrected chi connectivity index (χ2v) is 4.20. The highest BCUT2D eigenvalue weighted by atomic mass is 35.6. The topological polar surface area (TPSA) is 60.2 Å². The first-order valence-electron chi connectivity index (χ1n) is 3.07. The van der Waals surface area contributed by atoms with Crippen LogP contribution in [0.5, 0.6) is 0 Å². The van der Waals surface area contributed by atoms with E-state index in [1.54, 1.807) is 6.92 Å². The highest BCUT2D eigenvalue weighted by Crippen LogP contribution is 2.24. The van der Waals surface area contributed by atoms with E-state index in [4.69, 9.17) is 34.8 Å². The summed E-state index contributed by atoms with van der Waals surface area (Å²) in [6.07, 6.45) is 0.667. The summed E-state index contributed by atoms with van der Waals surface area (Å²) in [5.74, 6) is -0.706. The Balaban J connectivity index is 0. The molecule has 0 aromatic rings. The van der Waals surface area contributed by atoms with Gasteiger partial charge >= 0.3 is 0 Å². The summed E-state index contributed by atoms with van der Waals surface area (Å²) in [5, 5.41) is 0. The molecule has 6 heteroatoms. The van der Waals surface area contributed by atoms with E-state index >= 15 is 0 Å². The minimum absolute atomic E-state index is 0.255. The molecule has 0 spiro atoms. The lowest BCUT2D eigenvalue weighted by Gasteiger charge is -2.01. The van der Waals surface area contributed by atoms with Crippen LogP contribution in [0.15, 0.2) is 0 Å². The second kappa shape index (κ2) is 6.52. The van der Waals surface area contributed by atoms with Gasteiger partial charge in [-0.25, -0.2) is 0 Å². The van der Waals surface area contributed by atoms with E-state index in [0.717, 1.165) is 0 Å². The standard InChI is InChI=1S/C4H8O.C2H2Cl3NO/c1-3-4(2)5;3-2(4,5)1(6)7/h3H2,1-2H3;(H2,6,7). The van der Waals surface area contributed by atoms with Crippen LogP contribution in [0.25, 0.3) is 0 Å². The molecule has 0 fully saturated rings. The quantitative estimate of drug-likeness (QED) is 0.704. The minimum Gasteiger partial charge on any atom is -0.366 e. The zero-order valence-electron chi connectivity index (χ0n) is 6.73. The fraction of sp³-hybridized carbons (Fsp3) is 0.667. The molecule has 0 saturated carbocycles. The zero-order chi connectivity index (χ0) is 10.4. The van der Waals surface area contributed by atoms with E-state index in [1.165, 1.54) is 0 Å². The molecule has 2 N–H and O–H groups in total. The molecule has 0 unspecified atom stereocenters. The van der Waals surface area contributed by atoms with Gasteiger partial charge in [-0.1, -0.05) is 41.7 Å². The van der Waals surface area contributed by atoms with Crippen LogP contribution in [0.3, 0.4) is 0 Å². The van der Waals surface area contributed by atoms with Crippen LogP contribution in [0.4, 0.5) is 0 Å². The van der Waals surface area contributed by atoms with Crippen LogP contribution in [0, 0.1) is 0 Å². The number of carbonyl (C=O) groups excluding carboxylic acids is 2. The molecule has 0 aliphatic heterocycles. The number of rotatable bonds is 1. The van der Waals surface area contributed by atoms with Crippen molar-refractivity contribution in [3.63, 3.8) is 0 Å². The second-order valence-electron chi connectivity index (χ2n) is 1.92. The predicted molar refractivity (Wildman–Crippen MR) is 50.5 cm³/mol. The van der Waals surface area contributed by atoms with Crippen LogP contribution in [-0.2, 0) is 9.59 Å². The Labute approximate surface area is 86.1 Å². The Kier molecular flexibility index (Phi) is 7.89. The number of carbonyl (C=O) groups is 2. The highest BCUT2D eigenvalue weighted by Gasteiger charge is 2.26. The van der Waals surface area contributed by atoms with E-state index in [2.05, 4.69) is 5.73 Å². The summed E-state index contributed by atoms with van der Waals surface area (Å²) in [6, 6.07) is 0. The van der Waals surface area contributed by atoms with Gasteiger partial charge in [0.05, 0.1) is 0 Å². The van der Waals surface area contributed by atoms with Crippen LogP contribution in [-0.4, -0.2) is 15.5 Å². The summed E-state index contributed by atoms with van der Waals surface area (Å²) in [6.45, 7) is 3.43. The van der Waals surface area contributed by atoms with Gasteiger partial charge in [-0.3, -0.25) is 4.79 Å². The Morgan fingerprint density at radius 3 is 1.50 bits per heavy atom. The van der Waals surface area contributed by atoms with Crippen molar-refractivity contribution < 1.29 is 9.59 Å². The van der Waals surface area contributed by atoms with Gasteiger partial charge in [0.15, 0.2) is 0 Å². The van der Waals surface area contributed by atoms with E-state index in [9.17, 15) is 9.59 Å². The van der Waals surface area contributed by atoms with E-state index in [0.29, 0.717) is 6.42 Å². The van der Waals surface area contributed by atoms with Crippen molar-refractivity contribution in [2.75, 3.05) is 0 Å². The minimum atomic E-state index is -1.94. The largest absolute Gasteiger partial charge is 0.366 e. The summed E-state index contributed by atoms with van der Waals surface area (Å²) in [5.41, 5.74) is 4.53. The molecule has 0 radical (unpaired) electrons. The number of hydrogen-bond acceptors (Lipinski definition) is 2. The van der Waals surface area contributed by atoms with Gasteiger partial charge in [0.2, 0.25) is 0 Å². The fourth-order valence-corrected chi connectivity index (χ4v) is 0. The lowest BCUT2D eigenvalue weighted by Crippen LogP contribution is -2.27. The third-order valence-electron chi connectivity index (χ3n) is 0.777. The Morgan fingerprint density at radius 1 is 1.33 bits per heavy atom. The molecular formula is C6H10Cl3NO2. The summed E-state index contributed by atoms with van der Waals surface area (Å²) < 4.78 is -1.94. The number of hydrogen-bond donors (Lipinski definition) is 1. The van der Waals surface area contributed by atoms with Crippen molar-refractivity contribution in [3.05, 3.63) is 0 Å². The lowest BCUT2D eigenvalue weighted by molar-refractivity contribution is -0.117. The number of halogens is 3. The zero-order valence-corrected chi connectivity index (χ0v) is 9.00. The first-order valence-corrected chi connectivity index (χ1v) is 4.21. The molecule has 1 amide bonds. The maximum absolute atomic E-state index is 9.85. The predicted octanol–water partition coefficient (Wildman–Crippen LogP) is 1.83. The molecule has 0 heterocycles. The molecule has 12 heavy (non-hydrogen) atoms. The molecule has 0 aliphatic carbocycles. The molecule has 0 rings (SSSR count). The third-order valence-corrected chi connectivity index (χ3v) is 1.34. The Hall–Kier alpha value is 0.01000. The molecule has 0 atom stereocenters. The van der Waals surface area contributed by atoms with Crippen LogP contribution in [0.2, 0.25) is 0 Å². The maximum atomic E-state index is 9.85. The number of ketones is 1. The maximum Gasteiger partial charge on any atom is 0.269 e. The van der Waals surface area contributed by atoms with Gasteiger partial charge in [0, 0.05) is 6.42 Å². The number of nitrogens with two attached hydrogens (primary N) is 1. The SMILES string of the molecule is CCC(C)=O.NC(=O)C(Cl)(Cl)Cl. The van der Waals surface area contributed by atoms with Crippen LogP contribution in [0.1, 0.15) is 20.3 Å². The van der Waals surface area contributed by atoms with Crippen molar-refractivity contribution in [2.45, 2.75) is 24.1 Å². The molecule has 0 aromatic carbocycles. The Bertz CT molecular complexity index is 165. The normalized spacial score (nSPS) is 9.75. The third kappa shape index (κ3) is 12.7. The summed E-state index contributed by atoms with van der Waals surface area (Å²) in [7, 11) is 0. The fourth-order valence-electron chi connectivity index (χ4n) is 0. The first kappa shape index (κ1) is 14.5. The van der Waals surface area contributed by atoms with Crippen molar-refractivity contribution in [3.8, 4) is 0 Å². The number of primary amides is 1. The van der Waals surface area contributed by atoms with Gasteiger partial charge in [0.25, 0.3) is 9.70 Å². The Morgan fingerprint density at radius 2 is 1.50 bits per heavy atom. The van der Waals surface area contributed by atoms with Crippen molar-refractivity contribution >= 4 is 46.5 Å². The average Bonchev–Trinajstić information content (AvgIpc) is 1.87. The lowest BCUT2D eigenvalue weighted by atomic mass is 10.4. The molecule has 3 nitrogen and oxygen atoms in total. The van der Waals surface area contributed by atoms with Gasteiger partial charge in [-0.05, 0) is 6.92 Å². The number of amides is 1. The molecule has 0 bridgehead atoms. The smallest absolute Gasteiger partial charge is 0.269 e. The average molecular weight is 235 g/mol. The number of alkyl halides is 3.